The number of halogens is 1. The fourth-order valence-electron chi connectivity index (χ4n) is 3.02. The second-order valence-corrected chi connectivity index (χ2v) is 7.08. The van der Waals surface area contributed by atoms with Crippen molar-refractivity contribution >= 4 is 23.4 Å². The maximum atomic E-state index is 13.8. The average molecular weight is 322 g/mol. The molecule has 1 atom stereocenters. The molecule has 6 heteroatoms. The van der Waals surface area contributed by atoms with Crippen LogP contribution in [0.25, 0.3) is 0 Å². The van der Waals surface area contributed by atoms with Crippen molar-refractivity contribution in [3.63, 3.8) is 0 Å². The third-order valence-electron chi connectivity index (χ3n) is 4.33. The van der Waals surface area contributed by atoms with Crippen molar-refractivity contribution < 1.29 is 4.39 Å². The maximum Gasteiger partial charge on any atom is 0.191 e. The van der Waals surface area contributed by atoms with Crippen molar-refractivity contribution in [1.29, 1.82) is 0 Å². The molecular weight excluding hydrogens is 299 g/mol. The van der Waals surface area contributed by atoms with Crippen LogP contribution in [0.1, 0.15) is 6.42 Å². The lowest BCUT2D eigenvalue weighted by atomic mass is 10.1. The number of guanidine groups is 1. The van der Waals surface area contributed by atoms with Crippen molar-refractivity contribution in [1.82, 2.24) is 4.90 Å². The first kappa shape index (κ1) is 15.5. The number of rotatable bonds is 3. The third-order valence-corrected chi connectivity index (χ3v) is 5.27. The SMILES string of the molecule is NC(=NCC1CCN(c2ccccc2F)C1)N1CCSCC1. The summed E-state index contributed by atoms with van der Waals surface area (Å²) < 4.78 is 13.8. The number of nitrogens with zero attached hydrogens (tertiary/aromatic N) is 3. The van der Waals surface area contributed by atoms with Crippen molar-refractivity contribution in [3.8, 4) is 0 Å². The number of benzene rings is 1. The highest BCUT2D eigenvalue weighted by Gasteiger charge is 2.24. The molecule has 3 rings (SSSR count). The van der Waals surface area contributed by atoms with E-state index in [0.29, 0.717) is 17.6 Å². The van der Waals surface area contributed by atoms with Crippen LogP contribution in [-0.4, -0.2) is 55.1 Å². The van der Waals surface area contributed by atoms with E-state index in [2.05, 4.69) is 14.8 Å². The second-order valence-electron chi connectivity index (χ2n) is 5.85. The van der Waals surface area contributed by atoms with Gasteiger partial charge >= 0.3 is 0 Å². The molecule has 1 unspecified atom stereocenters. The van der Waals surface area contributed by atoms with E-state index < -0.39 is 0 Å². The Bertz CT molecular complexity index is 531. The monoisotopic (exact) mass is 322 g/mol. The molecular formula is C16H23FN4S. The Labute approximate surface area is 135 Å². The summed E-state index contributed by atoms with van der Waals surface area (Å²) in [6, 6.07) is 6.98. The van der Waals surface area contributed by atoms with Crippen LogP contribution in [-0.2, 0) is 0 Å². The van der Waals surface area contributed by atoms with Gasteiger partial charge in [0, 0.05) is 44.2 Å². The summed E-state index contributed by atoms with van der Waals surface area (Å²) in [7, 11) is 0. The molecule has 0 bridgehead atoms. The van der Waals surface area contributed by atoms with Crippen molar-refractivity contribution in [3.05, 3.63) is 30.1 Å². The highest BCUT2D eigenvalue weighted by Crippen LogP contribution is 2.26. The van der Waals surface area contributed by atoms with Crippen LogP contribution in [0.4, 0.5) is 10.1 Å². The molecule has 0 aromatic heterocycles. The first-order chi connectivity index (χ1) is 10.7. The molecule has 2 aliphatic heterocycles. The van der Waals surface area contributed by atoms with E-state index in [1.165, 1.54) is 6.07 Å². The van der Waals surface area contributed by atoms with Crippen molar-refractivity contribution in [2.24, 2.45) is 16.6 Å². The first-order valence-electron chi connectivity index (χ1n) is 7.86. The predicted molar refractivity (Wildman–Crippen MR) is 92.1 cm³/mol. The summed E-state index contributed by atoms with van der Waals surface area (Å²) in [5.41, 5.74) is 6.79. The van der Waals surface area contributed by atoms with Gasteiger partial charge in [-0.1, -0.05) is 12.1 Å². The minimum Gasteiger partial charge on any atom is -0.370 e. The zero-order chi connectivity index (χ0) is 15.4. The lowest BCUT2D eigenvalue weighted by Crippen LogP contribution is -2.43. The molecule has 1 aromatic rings. The minimum absolute atomic E-state index is 0.142. The molecule has 22 heavy (non-hydrogen) atoms. The Morgan fingerprint density at radius 2 is 2.05 bits per heavy atom. The highest BCUT2D eigenvalue weighted by molar-refractivity contribution is 7.99. The molecule has 2 N–H and O–H groups in total. The first-order valence-corrected chi connectivity index (χ1v) is 9.01. The van der Waals surface area contributed by atoms with E-state index in [9.17, 15) is 4.39 Å². The smallest absolute Gasteiger partial charge is 0.191 e. The Morgan fingerprint density at radius 3 is 2.82 bits per heavy atom. The summed E-state index contributed by atoms with van der Waals surface area (Å²) in [6.45, 7) is 4.47. The molecule has 0 amide bonds. The molecule has 0 saturated carbocycles. The van der Waals surface area contributed by atoms with Gasteiger partial charge in [-0.3, -0.25) is 4.99 Å². The van der Waals surface area contributed by atoms with Gasteiger partial charge in [-0.15, -0.1) is 0 Å². The number of thioether (sulfide) groups is 1. The number of anilines is 1. The largest absolute Gasteiger partial charge is 0.370 e. The molecule has 2 aliphatic rings. The van der Waals surface area contributed by atoms with Crippen LogP contribution in [0, 0.1) is 11.7 Å². The van der Waals surface area contributed by atoms with Gasteiger partial charge in [-0.2, -0.15) is 11.8 Å². The molecule has 0 radical (unpaired) electrons. The van der Waals surface area contributed by atoms with E-state index in [1.807, 2.05) is 23.9 Å². The van der Waals surface area contributed by atoms with Crippen LogP contribution >= 0.6 is 11.8 Å². The van der Waals surface area contributed by atoms with E-state index in [0.717, 1.165) is 50.7 Å². The molecule has 2 heterocycles. The lowest BCUT2D eigenvalue weighted by molar-refractivity contribution is 0.452. The normalized spacial score (nSPS) is 23.1. The van der Waals surface area contributed by atoms with E-state index >= 15 is 0 Å². The van der Waals surface area contributed by atoms with Crippen LogP contribution in [0.15, 0.2) is 29.3 Å². The number of hydrogen-bond donors (Lipinski definition) is 1. The summed E-state index contributed by atoms with van der Waals surface area (Å²) in [5.74, 6) is 3.24. The van der Waals surface area contributed by atoms with E-state index in [1.54, 1.807) is 6.07 Å². The standard InChI is InChI=1S/C16H23FN4S/c17-14-3-1-2-4-15(14)21-6-5-13(12-21)11-19-16(18)20-7-9-22-10-8-20/h1-4,13H,5-12H2,(H2,18,19). The Kier molecular flexibility index (Phi) is 5.08. The summed E-state index contributed by atoms with van der Waals surface area (Å²) in [4.78, 5) is 8.85. The van der Waals surface area contributed by atoms with Gasteiger partial charge in [0.15, 0.2) is 5.96 Å². The minimum atomic E-state index is -0.142. The van der Waals surface area contributed by atoms with Gasteiger partial charge in [-0.25, -0.2) is 4.39 Å². The summed E-state index contributed by atoms with van der Waals surface area (Å²) in [5, 5.41) is 0. The highest BCUT2D eigenvalue weighted by atomic mass is 32.2. The molecule has 2 fully saturated rings. The van der Waals surface area contributed by atoms with Gasteiger partial charge in [0.25, 0.3) is 0 Å². The zero-order valence-electron chi connectivity index (χ0n) is 12.7. The van der Waals surface area contributed by atoms with Crippen LogP contribution < -0.4 is 10.6 Å². The zero-order valence-corrected chi connectivity index (χ0v) is 13.6. The quantitative estimate of drug-likeness (QED) is 0.683. The number of hydrogen-bond acceptors (Lipinski definition) is 3. The molecule has 0 aliphatic carbocycles. The Balaban J connectivity index is 1.53. The molecule has 120 valence electrons. The van der Waals surface area contributed by atoms with Crippen LogP contribution in [0.3, 0.4) is 0 Å². The average Bonchev–Trinajstić information content (AvgIpc) is 3.02. The molecule has 2 saturated heterocycles. The number of aliphatic imine (C=N–C) groups is 1. The van der Waals surface area contributed by atoms with Crippen molar-refractivity contribution in [2.45, 2.75) is 6.42 Å². The summed E-state index contributed by atoms with van der Waals surface area (Å²) >= 11 is 1.96. The lowest BCUT2D eigenvalue weighted by Gasteiger charge is -2.27. The predicted octanol–water partition coefficient (Wildman–Crippen LogP) is 2.02. The topological polar surface area (TPSA) is 44.9 Å². The number of para-hydroxylation sites is 1. The van der Waals surface area contributed by atoms with E-state index in [4.69, 9.17) is 5.73 Å². The van der Waals surface area contributed by atoms with Crippen LogP contribution in [0.2, 0.25) is 0 Å². The fourth-order valence-corrected chi connectivity index (χ4v) is 3.93. The maximum absolute atomic E-state index is 13.8. The fraction of sp³-hybridized carbons (Fsp3) is 0.562. The van der Waals surface area contributed by atoms with Crippen molar-refractivity contribution in [2.75, 3.05) is 49.1 Å². The van der Waals surface area contributed by atoms with Gasteiger partial charge in [0.1, 0.15) is 5.82 Å². The van der Waals surface area contributed by atoms with Crippen LogP contribution in [0.5, 0.6) is 0 Å². The van der Waals surface area contributed by atoms with Gasteiger partial charge < -0.3 is 15.5 Å². The molecule has 4 nitrogen and oxygen atoms in total. The number of nitrogens with two attached hydrogens (primary N) is 1. The van der Waals surface area contributed by atoms with E-state index in [-0.39, 0.29) is 5.82 Å². The Morgan fingerprint density at radius 1 is 1.27 bits per heavy atom. The van der Waals surface area contributed by atoms with Gasteiger partial charge in [0.05, 0.1) is 5.69 Å². The third kappa shape index (κ3) is 3.66. The van der Waals surface area contributed by atoms with Gasteiger partial charge in [-0.05, 0) is 24.5 Å². The molecule has 1 aromatic carbocycles. The van der Waals surface area contributed by atoms with Gasteiger partial charge in [0.2, 0.25) is 0 Å². The summed E-state index contributed by atoms with van der Waals surface area (Å²) in [6.07, 6.45) is 1.04. The Hall–Kier alpha value is -1.43. The second kappa shape index (κ2) is 7.22. The molecule has 0 spiro atoms.